The van der Waals surface area contributed by atoms with Crippen LogP contribution in [0.1, 0.15) is 18.4 Å². The molecule has 4 rings (SSSR count). The highest BCUT2D eigenvalue weighted by atomic mass is 32.1. The van der Waals surface area contributed by atoms with Crippen LogP contribution >= 0.6 is 11.3 Å². The molecule has 1 aliphatic heterocycles. The summed E-state index contributed by atoms with van der Waals surface area (Å²) in [6, 6.07) is 7.73. The lowest BCUT2D eigenvalue weighted by atomic mass is 9.94. The zero-order chi connectivity index (χ0) is 18.5. The Morgan fingerprint density at radius 2 is 2.07 bits per heavy atom. The fraction of sp³-hybridized carbons (Fsp3) is 0.263. The Hall–Kier alpha value is -2.84. The van der Waals surface area contributed by atoms with Crippen LogP contribution in [0.2, 0.25) is 0 Å². The Labute approximate surface area is 160 Å². The van der Waals surface area contributed by atoms with E-state index in [9.17, 15) is 4.79 Å². The lowest BCUT2D eigenvalue weighted by Gasteiger charge is -2.20. The summed E-state index contributed by atoms with van der Waals surface area (Å²) in [5.74, 6) is 0.177. The molecule has 3 aromatic rings. The zero-order valence-electron chi connectivity index (χ0n) is 14.6. The Balaban J connectivity index is 1.62. The Kier molecular flexibility index (Phi) is 5.36. The highest BCUT2D eigenvalue weighted by Gasteiger charge is 2.18. The van der Waals surface area contributed by atoms with Crippen LogP contribution < -0.4 is 5.32 Å². The van der Waals surface area contributed by atoms with Crippen LogP contribution in [-0.4, -0.2) is 38.9 Å². The predicted octanol–water partition coefficient (Wildman–Crippen LogP) is 3.17. The first-order chi connectivity index (χ1) is 13.3. The van der Waals surface area contributed by atoms with Crippen molar-refractivity contribution in [2.45, 2.75) is 12.8 Å². The number of ether oxygens (including phenoxy) is 1. The number of amides is 1. The van der Waals surface area contributed by atoms with Gasteiger partial charge in [-0.15, -0.1) is 11.3 Å². The number of anilines is 1. The van der Waals surface area contributed by atoms with Crippen LogP contribution in [0.25, 0.3) is 11.3 Å². The Morgan fingerprint density at radius 3 is 2.74 bits per heavy atom. The average molecular weight is 381 g/mol. The van der Waals surface area contributed by atoms with Gasteiger partial charge >= 0.3 is 0 Å². The van der Waals surface area contributed by atoms with E-state index in [1.165, 1.54) is 17.7 Å². The SMILES string of the molecule is O=C(Nc1nccs1)/C(=C/C1CCOCC1)c1ccc(-n2cncn2)cc1. The van der Waals surface area contributed by atoms with Gasteiger partial charge in [0, 0.05) is 30.4 Å². The molecule has 0 unspecified atom stereocenters. The van der Waals surface area contributed by atoms with Crippen molar-refractivity contribution in [2.75, 3.05) is 18.5 Å². The van der Waals surface area contributed by atoms with E-state index in [0.29, 0.717) is 16.6 Å². The molecule has 0 radical (unpaired) electrons. The van der Waals surface area contributed by atoms with Gasteiger partial charge < -0.3 is 4.74 Å². The lowest BCUT2D eigenvalue weighted by Crippen LogP contribution is -2.18. The predicted molar refractivity (Wildman–Crippen MR) is 104 cm³/mol. The molecular weight excluding hydrogens is 362 g/mol. The van der Waals surface area contributed by atoms with E-state index in [0.717, 1.165) is 37.3 Å². The zero-order valence-corrected chi connectivity index (χ0v) is 15.4. The summed E-state index contributed by atoms with van der Waals surface area (Å²) in [5.41, 5.74) is 2.41. The smallest absolute Gasteiger partial charge is 0.257 e. The van der Waals surface area contributed by atoms with Crippen LogP contribution in [0.15, 0.2) is 54.6 Å². The first-order valence-electron chi connectivity index (χ1n) is 8.75. The van der Waals surface area contributed by atoms with Gasteiger partial charge in [-0.05, 0) is 36.5 Å². The topological polar surface area (TPSA) is 81.9 Å². The third-order valence-corrected chi connectivity index (χ3v) is 5.12. The van der Waals surface area contributed by atoms with Crippen LogP contribution in [0.3, 0.4) is 0 Å². The first-order valence-corrected chi connectivity index (χ1v) is 9.63. The molecule has 3 heterocycles. The van der Waals surface area contributed by atoms with Crippen molar-refractivity contribution >= 4 is 27.9 Å². The molecule has 7 nitrogen and oxygen atoms in total. The normalized spacial score (nSPS) is 15.6. The van der Waals surface area contributed by atoms with Crippen molar-refractivity contribution in [3.8, 4) is 5.69 Å². The van der Waals surface area contributed by atoms with Gasteiger partial charge in [-0.3, -0.25) is 10.1 Å². The molecule has 0 bridgehead atoms. The summed E-state index contributed by atoms with van der Waals surface area (Å²) in [7, 11) is 0. The van der Waals surface area contributed by atoms with E-state index >= 15 is 0 Å². The van der Waals surface area contributed by atoms with Gasteiger partial charge in [0.05, 0.1) is 5.69 Å². The van der Waals surface area contributed by atoms with Gasteiger partial charge in [0.15, 0.2) is 5.13 Å². The number of rotatable bonds is 5. The van der Waals surface area contributed by atoms with Gasteiger partial charge in [0.1, 0.15) is 12.7 Å². The molecular formula is C19H19N5O2S. The maximum absolute atomic E-state index is 12.9. The first kappa shape index (κ1) is 17.6. The van der Waals surface area contributed by atoms with Crippen molar-refractivity contribution in [1.29, 1.82) is 0 Å². The highest BCUT2D eigenvalue weighted by Crippen LogP contribution is 2.25. The molecule has 27 heavy (non-hydrogen) atoms. The molecule has 138 valence electrons. The highest BCUT2D eigenvalue weighted by molar-refractivity contribution is 7.13. The third-order valence-electron chi connectivity index (χ3n) is 4.43. The number of aromatic nitrogens is 4. The second-order valence-corrected chi connectivity index (χ2v) is 7.10. The molecule has 0 atom stereocenters. The Morgan fingerprint density at radius 1 is 1.26 bits per heavy atom. The number of nitrogens with zero attached hydrogens (tertiary/aromatic N) is 4. The minimum absolute atomic E-state index is 0.148. The second-order valence-electron chi connectivity index (χ2n) is 6.21. The molecule has 1 aromatic carbocycles. The van der Waals surface area contributed by atoms with E-state index in [1.54, 1.807) is 17.2 Å². The van der Waals surface area contributed by atoms with E-state index in [2.05, 4.69) is 26.5 Å². The summed E-state index contributed by atoms with van der Waals surface area (Å²) < 4.78 is 7.12. The number of allylic oxidation sites excluding steroid dienone is 1. The van der Waals surface area contributed by atoms with E-state index < -0.39 is 0 Å². The fourth-order valence-corrected chi connectivity index (χ4v) is 3.53. The molecule has 0 saturated carbocycles. The molecule has 0 spiro atoms. The van der Waals surface area contributed by atoms with Gasteiger partial charge in [-0.2, -0.15) is 5.10 Å². The monoisotopic (exact) mass is 381 g/mol. The summed E-state index contributed by atoms with van der Waals surface area (Å²) >= 11 is 1.40. The van der Waals surface area contributed by atoms with E-state index in [-0.39, 0.29) is 5.91 Å². The standard InChI is InChI=1S/C19H19N5O2S/c25-18(23-19-21-7-10-27-19)17(11-14-5-8-26-9-6-14)15-1-3-16(4-2-15)24-13-20-12-22-24/h1-4,7,10-14H,5-6,8-9H2,(H,21,23,25)/b17-11+. The average Bonchev–Trinajstić information content (AvgIpc) is 3.41. The number of hydrogen-bond donors (Lipinski definition) is 1. The maximum Gasteiger partial charge on any atom is 0.257 e. The van der Waals surface area contributed by atoms with Crippen molar-refractivity contribution < 1.29 is 9.53 Å². The number of carbonyl (C=O) groups is 1. The summed E-state index contributed by atoms with van der Waals surface area (Å²) in [6.07, 6.45) is 8.72. The molecule has 1 N–H and O–H groups in total. The Bertz CT molecular complexity index is 898. The summed E-state index contributed by atoms with van der Waals surface area (Å²) in [6.45, 7) is 1.46. The third kappa shape index (κ3) is 4.29. The number of nitrogens with one attached hydrogen (secondary N) is 1. The van der Waals surface area contributed by atoms with E-state index in [1.807, 2.05) is 29.6 Å². The van der Waals surface area contributed by atoms with Gasteiger partial charge in [-0.1, -0.05) is 18.2 Å². The molecule has 1 aliphatic rings. The van der Waals surface area contributed by atoms with Crippen LogP contribution in [0.4, 0.5) is 5.13 Å². The van der Waals surface area contributed by atoms with Crippen molar-refractivity contribution in [1.82, 2.24) is 19.7 Å². The lowest BCUT2D eigenvalue weighted by molar-refractivity contribution is -0.111. The number of carbonyl (C=O) groups excluding carboxylic acids is 1. The molecule has 2 aromatic heterocycles. The van der Waals surface area contributed by atoms with Crippen molar-refractivity contribution in [3.63, 3.8) is 0 Å². The maximum atomic E-state index is 12.9. The molecule has 1 amide bonds. The van der Waals surface area contributed by atoms with E-state index in [4.69, 9.17) is 4.74 Å². The fourth-order valence-electron chi connectivity index (χ4n) is 3.01. The van der Waals surface area contributed by atoms with Crippen molar-refractivity contribution in [3.05, 3.63) is 60.1 Å². The largest absolute Gasteiger partial charge is 0.381 e. The number of benzene rings is 1. The van der Waals surface area contributed by atoms with Gasteiger partial charge in [0.2, 0.25) is 0 Å². The molecule has 8 heteroatoms. The van der Waals surface area contributed by atoms with Crippen LogP contribution in [0.5, 0.6) is 0 Å². The van der Waals surface area contributed by atoms with Crippen LogP contribution in [-0.2, 0) is 9.53 Å². The van der Waals surface area contributed by atoms with Crippen LogP contribution in [0, 0.1) is 5.92 Å². The van der Waals surface area contributed by atoms with Gasteiger partial charge in [-0.25, -0.2) is 14.6 Å². The minimum atomic E-state index is -0.148. The molecule has 0 aliphatic carbocycles. The summed E-state index contributed by atoms with van der Waals surface area (Å²) in [4.78, 5) is 21.0. The second kappa shape index (κ2) is 8.24. The molecule has 1 saturated heterocycles. The van der Waals surface area contributed by atoms with Crippen molar-refractivity contribution in [2.24, 2.45) is 5.92 Å². The minimum Gasteiger partial charge on any atom is -0.381 e. The molecule has 1 fully saturated rings. The number of hydrogen-bond acceptors (Lipinski definition) is 6. The summed E-state index contributed by atoms with van der Waals surface area (Å²) in [5, 5.41) is 9.46. The number of thiazole rings is 1. The quantitative estimate of drug-likeness (QED) is 0.687. The van der Waals surface area contributed by atoms with Gasteiger partial charge in [0.25, 0.3) is 5.91 Å².